The summed E-state index contributed by atoms with van der Waals surface area (Å²) in [7, 11) is 4.24. The average molecular weight is 405 g/mol. The van der Waals surface area contributed by atoms with Crippen LogP contribution in [0.4, 0.5) is 5.69 Å². The van der Waals surface area contributed by atoms with Gasteiger partial charge in [0, 0.05) is 11.6 Å². The number of benzene rings is 2. The van der Waals surface area contributed by atoms with Crippen molar-refractivity contribution in [3.05, 3.63) is 52.1 Å². The van der Waals surface area contributed by atoms with Gasteiger partial charge in [-0.2, -0.15) is 0 Å². The highest BCUT2D eigenvalue weighted by Gasteiger charge is 2.18. The molecule has 154 valence electrons. The zero-order valence-corrected chi connectivity index (χ0v) is 15.9. The van der Waals surface area contributed by atoms with Gasteiger partial charge in [-0.05, 0) is 18.2 Å². The average Bonchev–Trinajstić information content (AvgIpc) is 2.74. The first-order valence-corrected chi connectivity index (χ1v) is 8.16. The lowest BCUT2D eigenvalue weighted by molar-refractivity contribution is -0.385. The van der Waals surface area contributed by atoms with Crippen LogP contribution in [0.25, 0.3) is 0 Å². The van der Waals surface area contributed by atoms with E-state index in [4.69, 9.17) is 18.9 Å². The number of carbonyl (C=O) groups is 2. The van der Waals surface area contributed by atoms with Crippen molar-refractivity contribution in [1.29, 1.82) is 0 Å². The molecule has 2 amide bonds. The van der Waals surface area contributed by atoms with Crippen LogP contribution < -0.4 is 29.8 Å². The molecule has 2 rings (SSSR count). The van der Waals surface area contributed by atoms with Crippen molar-refractivity contribution in [2.24, 2.45) is 0 Å². The monoisotopic (exact) mass is 405 g/mol. The number of rotatable bonds is 8. The SMILES string of the molecule is COc1cc(C(=O)NNC(=O)COc2ccccc2[N+](=O)[O-])cc(OC)c1OC. The highest BCUT2D eigenvalue weighted by atomic mass is 16.6. The third kappa shape index (κ3) is 5.25. The molecule has 0 atom stereocenters. The molecule has 2 aromatic carbocycles. The van der Waals surface area contributed by atoms with Gasteiger partial charge in [0.2, 0.25) is 5.75 Å². The minimum absolute atomic E-state index is 0.0661. The molecule has 11 nitrogen and oxygen atoms in total. The first-order chi connectivity index (χ1) is 13.9. The molecule has 0 heterocycles. The van der Waals surface area contributed by atoms with Gasteiger partial charge in [-0.15, -0.1) is 0 Å². The molecular formula is C18H19N3O8. The van der Waals surface area contributed by atoms with E-state index in [9.17, 15) is 19.7 Å². The van der Waals surface area contributed by atoms with Crippen LogP contribution in [0, 0.1) is 10.1 Å². The quantitative estimate of drug-likeness (QED) is 0.497. The molecule has 0 aliphatic rings. The van der Waals surface area contributed by atoms with Gasteiger partial charge >= 0.3 is 5.69 Å². The van der Waals surface area contributed by atoms with Crippen LogP contribution in [0.1, 0.15) is 10.4 Å². The van der Waals surface area contributed by atoms with E-state index >= 15 is 0 Å². The second-order valence-corrected chi connectivity index (χ2v) is 5.43. The molecule has 0 spiro atoms. The summed E-state index contributed by atoms with van der Waals surface area (Å²) in [6, 6.07) is 8.44. The summed E-state index contributed by atoms with van der Waals surface area (Å²) < 4.78 is 20.6. The van der Waals surface area contributed by atoms with Gasteiger partial charge in [-0.1, -0.05) is 12.1 Å². The summed E-state index contributed by atoms with van der Waals surface area (Å²) in [6.07, 6.45) is 0. The predicted molar refractivity (Wildman–Crippen MR) is 100 cm³/mol. The minimum Gasteiger partial charge on any atom is -0.493 e. The molecule has 0 fully saturated rings. The molecule has 0 radical (unpaired) electrons. The van der Waals surface area contributed by atoms with Crippen LogP contribution >= 0.6 is 0 Å². The summed E-state index contributed by atoms with van der Waals surface area (Å²) in [4.78, 5) is 34.5. The van der Waals surface area contributed by atoms with Gasteiger partial charge in [-0.3, -0.25) is 30.6 Å². The lowest BCUT2D eigenvalue weighted by atomic mass is 10.1. The number of nitro benzene ring substituents is 1. The maximum Gasteiger partial charge on any atom is 0.310 e. The van der Waals surface area contributed by atoms with Crippen molar-refractivity contribution < 1.29 is 33.5 Å². The second-order valence-electron chi connectivity index (χ2n) is 5.43. The first kappa shape index (κ1) is 21.3. The Labute approximate surface area is 165 Å². The number of nitrogens with zero attached hydrogens (tertiary/aromatic N) is 1. The van der Waals surface area contributed by atoms with Crippen molar-refractivity contribution >= 4 is 17.5 Å². The largest absolute Gasteiger partial charge is 0.493 e. The summed E-state index contributed by atoms with van der Waals surface area (Å²) >= 11 is 0. The zero-order chi connectivity index (χ0) is 21.4. The molecular weight excluding hydrogens is 386 g/mol. The Balaban J connectivity index is 1.99. The summed E-state index contributed by atoms with van der Waals surface area (Å²) in [6.45, 7) is -0.541. The van der Waals surface area contributed by atoms with Gasteiger partial charge in [0.1, 0.15) is 0 Å². The van der Waals surface area contributed by atoms with Crippen LogP contribution in [0.3, 0.4) is 0 Å². The molecule has 0 saturated carbocycles. The molecule has 0 unspecified atom stereocenters. The molecule has 2 N–H and O–H groups in total. The van der Waals surface area contributed by atoms with E-state index in [1.807, 2.05) is 0 Å². The molecule has 29 heavy (non-hydrogen) atoms. The molecule has 0 aliphatic heterocycles. The van der Waals surface area contributed by atoms with E-state index in [1.54, 1.807) is 0 Å². The molecule has 0 saturated heterocycles. The van der Waals surface area contributed by atoms with Gasteiger partial charge in [0.25, 0.3) is 11.8 Å². The lowest BCUT2D eigenvalue weighted by Crippen LogP contribution is -2.43. The fourth-order valence-corrected chi connectivity index (χ4v) is 2.32. The van der Waals surface area contributed by atoms with Crippen LogP contribution in [-0.2, 0) is 4.79 Å². The van der Waals surface area contributed by atoms with Crippen molar-refractivity contribution in [3.63, 3.8) is 0 Å². The van der Waals surface area contributed by atoms with E-state index < -0.39 is 23.3 Å². The maximum atomic E-state index is 12.3. The van der Waals surface area contributed by atoms with Crippen LogP contribution in [0.15, 0.2) is 36.4 Å². The molecule has 0 aliphatic carbocycles. The summed E-state index contributed by atoms with van der Waals surface area (Å²) in [5.41, 5.74) is 4.23. The van der Waals surface area contributed by atoms with E-state index in [2.05, 4.69) is 10.9 Å². The lowest BCUT2D eigenvalue weighted by Gasteiger charge is -2.14. The number of hydrogen-bond acceptors (Lipinski definition) is 8. The van der Waals surface area contributed by atoms with Gasteiger partial charge in [0.05, 0.1) is 26.3 Å². The topological polar surface area (TPSA) is 138 Å². The number of para-hydroxylation sites is 2. The Kier molecular flexibility index (Phi) is 7.18. The first-order valence-electron chi connectivity index (χ1n) is 8.16. The smallest absolute Gasteiger partial charge is 0.310 e. The number of carbonyl (C=O) groups excluding carboxylic acids is 2. The highest BCUT2D eigenvalue weighted by Crippen LogP contribution is 2.38. The molecule has 0 bridgehead atoms. The van der Waals surface area contributed by atoms with E-state index in [0.29, 0.717) is 5.75 Å². The standard InChI is InChI=1S/C18H19N3O8/c1-26-14-8-11(9-15(27-2)17(14)28-3)18(23)20-19-16(22)10-29-13-7-5-4-6-12(13)21(24)25/h4-9H,10H2,1-3H3,(H,19,22)(H,20,23). The molecule has 2 aromatic rings. The fraction of sp³-hybridized carbons (Fsp3) is 0.222. The summed E-state index contributed by atoms with van der Waals surface area (Å²) in [5, 5.41) is 10.9. The second kappa shape index (κ2) is 9.78. The van der Waals surface area contributed by atoms with Gasteiger partial charge < -0.3 is 18.9 Å². The van der Waals surface area contributed by atoms with Gasteiger partial charge in [-0.25, -0.2) is 0 Å². The maximum absolute atomic E-state index is 12.3. The number of hydrazine groups is 1. The zero-order valence-electron chi connectivity index (χ0n) is 15.9. The Morgan fingerprint density at radius 2 is 1.59 bits per heavy atom. The summed E-state index contributed by atoms with van der Waals surface area (Å²) in [5.74, 6) is -0.588. The van der Waals surface area contributed by atoms with Crippen molar-refractivity contribution in [3.8, 4) is 23.0 Å². The van der Waals surface area contributed by atoms with Crippen LogP contribution in [0.5, 0.6) is 23.0 Å². The van der Waals surface area contributed by atoms with Crippen LogP contribution in [-0.4, -0.2) is 44.7 Å². The molecule has 11 heteroatoms. The number of nitrogens with one attached hydrogen (secondary N) is 2. The third-order valence-electron chi connectivity index (χ3n) is 3.66. The van der Waals surface area contributed by atoms with E-state index in [1.165, 1.54) is 57.7 Å². The Morgan fingerprint density at radius 3 is 2.14 bits per heavy atom. The number of nitro groups is 1. The van der Waals surface area contributed by atoms with E-state index in [0.717, 1.165) is 0 Å². The van der Waals surface area contributed by atoms with E-state index in [-0.39, 0.29) is 28.5 Å². The van der Waals surface area contributed by atoms with Crippen LogP contribution in [0.2, 0.25) is 0 Å². The minimum atomic E-state index is -0.719. The Bertz CT molecular complexity index is 891. The van der Waals surface area contributed by atoms with Gasteiger partial charge in [0.15, 0.2) is 23.9 Å². The normalized spacial score (nSPS) is 9.90. The van der Waals surface area contributed by atoms with Crippen molar-refractivity contribution in [2.75, 3.05) is 27.9 Å². The van der Waals surface area contributed by atoms with Crippen molar-refractivity contribution in [2.45, 2.75) is 0 Å². The number of ether oxygens (including phenoxy) is 4. The Morgan fingerprint density at radius 1 is 0.966 bits per heavy atom. The third-order valence-corrected chi connectivity index (χ3v) is 3.66. The number of amides is 2. The molecule has 0 aromatic heterocycles. The number of methoxy groups -OCH3 is 3. The number of hydrogen-bond donors (Lipinski definition) is 2. The highest BCUT2D eigenvalue weighted by molar-refractivity contribution is 5.96. The van der Waals surface area contributed by atoms with Crippen molar-refractivity contribution in [1.82, 2.24) is 10.9 Å². The predicted octanol–water partition coefficient (Wildman–Crippen LogP) is 1.46. The Hall–Kier alpha value is -4.02. The fourth-order valence-electron chi connectivity index (χ4n) is 2.32.